The minimum atomic E-state index is -4.60. The third-order valence-corrected chi connectivity index (χ3v) is 6.03. The molecule has 0 fully saturated rings. The Hall–Kier alpha value is -3.75. The normalized spacial score (nSPS) is 11.6. The van der Waals surface area contributed by atoms with Crippen molar-refractivity contribution >= 4 is 0 Å². The van der Waals surface area contributed by atoms with Crippen LogP contribution in [-0.2, 0) is 25.7 Å². The number of pyridine rings is 1. The highest BCUT2D eigenvalue weighted by Crippen LogP contribution is 2.32. The molecule has 0 N–H and O–H groups in total. The minimum absolute atomic E-state index is 0.0195. The molecule has 0 saturated carbocycles. The summed E-state index contributed by atoms with van der Waals surface area (Å²) in [5.41, 5.74) is 3.10. The Morgan fingerprint density at radius 2 is 1.75 bits per heavy atom. The van der Waals surface area contributed by atoms with Crippen LogP contribution in [0.2, 0.25) is 0 Å². The average molecular weight is 499 g/mol. The molecule has 4 aromatic rings. The number of halogens is 4. The van der Waals surface area contributed by atoms with Crippen LogP contribution < -0.4 is 4.74 Å². The molecule has 0 amide bonds. The fourth-order valence-electron chi connectivity index (χ4n) is 3.93. The SMILES string of the molecule is Cc1cc(OCc2ccc(-c3ccc(C(F)(F)F)cc3F)nc2C)ccc1CCCCn1ccnn1. The van der Waals surface area contributed by atoms with E-state index in [2.05, 4.69) is 28.3 Å². The van der Waals surface area contributed by atoms with Gasteiger partial charge in [0, 0.05) is 29.6 Å². The van der Waals surface area contributed by atoms with Gasteiger partial charge in [-0.1, -0.05) is 17.3 Å². The van der Waals surface area contributed by atoms with Crippen LogP contribution in [0.15, 0.2) is 60.9 Å². The van der Waals surface area contributed by atoms with Gasteiger partial charge < -0.3 is 4.74 Å². The third kappa shape index (κ3) is 6.27. The van der Waals surface area contributed by atoms with Crippen LogP contribution in [0.25, 0.3) is 11.3 Å². The van der Waals surface area contributed by atoms with Crippen LogP contribution in [0.3, 0.4) is 0 Å². The van der Waals surface area contributed by atoms with Gasteiger partial charge in [-0.15, -0.1) is 5.10 Å². The lowest BCUT2D eigenvalue weighted by molar-refractivity contribution is -0.137. The molecule has 0 aliphatic carbocycles. The Labute approximate surface area is 206 Å². The van der Waals surface area contributed by atoms with Crippen molar-refractivity contribution in [2.24, 2.45) is 0 Å². The Bertz CT molecular complexity index is 1320. The quantitative estimate of drug-likeness (QED) is 0.190. The van der Waals surface area contributed by atoms with Crippen molar-refractivity contribution in [3.8, 4) is 17.0 Å². The van der Waals surface area contributed by atoms with E-state index in [0.717, 1.165) is 54.8 Å². The summed E-state index contributed by atoms with van der Waals surface area (Å²) in [5, 5.41) is 7.77. The van der Waals surface area contributed by atoms with Gasteiger partial charge >= 0.3 is 6.18 Å². The number of aromatic nitrogens is 4. The molecular weight excluding hydrogens is 472 g/mol. The Balaban J connectivity index is 1.35. The van der Waals surface area contributed by atoms with E-state index in [9.17, 15) is 17.6 Å². The Morgan fingerprint density at radius 3 is 2.42 bits per heavy atom. The molecule has 188 valence electrons. The number of nitrogens with zero attached hydrogens (tertiary/aromatic N) is 4. The monoisotopic (exact) mass is 498 g/mol. The smallest absolute Gasteiger partial charge is 0.416 e. The molecule has 0 saturated heterocycles. The van der Waals surface area contributed by atoms with Crippen molar-refractivity contribution in [2.45, 2.75) is 52.4 Å². The number of benzene rings is 2. The van der Waals surface area contributed by atoms with E-state index in [1.807, 2.05) is 23.0 Å². The number of hydrogen-bond donors (Lipinski definition) is 0. The highest BCUT2D eigenvalue weighted by Gasteiger charge is 2.31. The van der Waals surface area contributed by atoms with Crippen LogP contribution in [0.4, 0.5) is 17.6 Å². The number of ether oxygens (including phenoxy) is 1. The van der Waals surface area contributed by atoms with Crippen molar-refractivity contribution in [1.82, 2.24) is 20.0 Å². The second-order valence-corrected chi connectivity index (χ2v) is 8.63. The maximum Gasteiger partial charge on any atom is 0.416 e. The van der Waals surface area contributed by atoms with Gasteiger partial charge in [0.15, 0.2) is 0 Å². The van der Waals surface area contributed by atoms with Crippen molar-refractivity contribution < 1.29 is 22.3 Å². The molecule has 2 heterocycles. The summed E-state index contributed by atoms with van der Waals surface area (Å²) in [6.07, 6.45) is 1.95. The molecular formula is C27H26F4N4O. The van der Waals surface area contributed by atoms with Gasteiger partial charge in [-0.25, -0.2) is 4.39 Å². The van der Waals surface area contributed by atoms with Gasteiger partial charge in [0.1, 0.15) is 18.2 Å². The fraction of sp³-hybridized carbons (Fsp3) is 0.296. The van der Waals surface area contributed by atoms with Crippen LogP contribution in [-0.4, -0.2) is 20.0 Å². The summed E-state index contributed by atoms with van der Waals surface area (Å²) in [6, 6.07) is 11.8. The number of rotatable bonds is 9. The average Bonchev–Trinajstić information content (AvgIpc) is 3.35. The van der Waals surface area contributed by atoms with Crippen molar-refractivity contribution in [1.29, 1.82) is 0 Å². The molecule has 0 bridgehead atoms. The van der Waals surface area contributed by atoms with Crippen molar-refractivity contribution in [3.05, 3.63) is 94.7 Å². The predicted octanol–water partition coefficient (Wildman–Crippen LogP) is 6.72. The molecule has 5 nitrogen and oxygen atoms in total. The van der Waals surface area contributed by atoms with Crippen molar-refractivity contribution in [3.63, 3.8) is 0 Å². The number of alkyl halides is 3. The third-order valence-electron chi connectivity index (χ3n) is 6.03. The molecule has 0 radical (unpaired) electrons. The summed E-state index contributed by atoms with van der Waals surface area (Å²) in [4.78, 5) is 4.39. The number of aryl methyl sites for hydroxylation is 4. The highest BCUT2D eigenvalue weighted by atomic mass is 19.4. The molecule has 0 spiro atoms. The van der Waals surface area contributed by atoms with Gasteiger partial charge in [-0.3, -0.25) is 9.67 Å². The Morgan fingerprint density at radius 1 is 0.944 bits per heavy atom. The van der Waals surface area contributed by atoms with E-state index in [-0.39, 0.29) is 17.9 Å². The first-order valence-corrected chi connectivity index (χ1v) is 11.6. The summed E-state index contributed by atoms with van der Waals surface area (Å²) >= 11 is 0. The molecule has 0 atom stereocenters. The van der Waals surface area contributed by atoms with E-state index < -0.39 is 17.6 Å². The summed E-state index contributed by atoms with van der Waals surface area (Å²) in [7, 11) is 0. The predicted molar refractivity (Wildman–Crippen MR) is 128 cm³/mol. The lowest BCUT2D eigenvalue weighted by Gasteiger charge is -2.13. The molecule has 0 aliphatic heterocycles. The lowest BCUT2D eigenvalue weighted by Crippen LogP contribution is -2.06. The second-order valence-electron chi connectivity index (χ2n) is 8.63. The van der Waals surface area contributed by atoms with Crippen LogP contribution in [0.5, 0.6) is 5.75 Å². The van der Waals surface area contributed by atoms with E-state index in [4.69, 9.17) is 4.74 Å². The van der Waals surface area contributed by atoms with Gasteiger partial charge in [-0.05, 0) is 80.6 Å². The van der Waals surface area contributed by atoms with E-state index in [1.165, 1.54) is 5.56 Å². The van der Waals surface area contributed by atoms with Gasteiger partial charge in [-0.2, -0.15) is 13.2 Å². The zero-order chi connectivity index (χ0) is 25.7. The molecule has 4 rings (SSSR count). The fourth-order valence-corrected chi connectivity index (χ4v) is 3.93. The molecule has 2 aromatic heterocycles. The minimum Gasteiger partial charge on any atom is -0.489 e. The van der Waals surface area contributed by atoms with Gasteiger partial charge in [0.25, 0.3) is 0 Å². The molecule has 36 heavy (non-hydrogen) atoms. The van der Waals surface area contributed by atoms with E-state index >= 15 is 0 Å². The number of hydrogen-bond acceptors (Lipinski definition) is 4. The topological polar surface area (TPSA) is 52.8 Å². The maximum atomic E-state index is 14.3. The van der Waals surface area contributed by atoms with Gasteiger partial charge in [0.05, 0.1) is 17.5 Å². The van der Waals surface area contributed by atoms with E-state index in [0.29, 0.717) is 11.8 Å². The zero-order valence-corrected chi connectivity index (χ0v) is 20.0. The molecule has 0 unspecified atom stereocenters. The first-order chi connectivity index (χ1) is 17.2. The zero-order valence-electron chi connectivity index (χ0n) is 20.0. The standard InChI is InChI=1S/C27H26F4N4O/c1-18-15-23(9-6-20(18)5-3-4-13-35-14-12-32-34-35)36-17-21-7-11-26(33-19(21)2)24-10-8-22(16-25(24)28)27(29,30)31/h6-12,14-16H,3-5,13,17H2,1-2H3. The molecule has 2 aromatic carbocycles. The van der Waals surface area contributed by atoms with Crippen molar-refractivity contribution in [2.75, 3.05) is 0 Å². The Kier molecular flexibility index (Phi) is 7.67. The summed E-state index contributed by atoms with van der Waals surface area (Å²) in [6.45, 7) is 4.93. The molecule has 0 aliphatic rings. The van der Waals surface area contributed by atoms with Crippen LogP contribution >= 0.6 is 0 Å². The molecule has 9 heteroatoms. The maximum absolute atomic E-state index is 14.3. The number of unbranched alkanes of at least 4 members (excludes halogenated alkanes) is 1. The van der Waals surface area contributed by atoms with Crippen LogP contribution in [0, 0.1) is 19.7 Å². The van der Waals surface area contributed by atoms with Crippen LogP contribution in [0.1, 0.15) is 40.8 Å². The summed E-state index contributed by atoms with van der Waals surface area (Å²) in [5.74, 6) is -0.231. The first kappa shape index (κ1) is 25.3. The summed E-state index contributed by atoms with van der Waals surface area (Å²) < 4.78 is 60.5. The highest BCUT2D eigenvalue weighted by molar-refractivity contribution is 5.61. The largest absolute Gasteiger partial charge is 0.489 e. The first-order valence-electron chi connectivity index (χ1n) is 11.6. The van der Waals surface area contributed by atoms with Gasteiger partial charge in [0.2, 0.25) is 0 Å². The van der Waals surface area contributed by atoms with E-state index in [1.54, 1.807) is 25.3 Å². The lowest BCUT2D eigenvalue weighted by atomic mass is 10.0. The second kappa shape index (κ2) is 10.9.